The Balaban J connectivity index is 2.35. The number of fused-ring (bicyclic) bond motifs is 1. The van der Waals surface area contributed by atoms with Gasteiger partial charge in [0.05, 0.1) is 5.52 Å². The number of nitrogens with one attached hydrogen (secondary N) is 1. The van der Waals surface area contributed by atoms with Gasteiger partial charge in [-0.25, -0.2) is 0 Å². The maximum atomic E-state index is 9.55. The molecule has 0 aliphatic carbocycles. The molecular formula is C14H20N2O. The highest BCUT2D eigenvalue weighted by atomic mass is 16.3. The van der Waals surface area contributed by atoms with Gasteiger partial charge in [-0.15, -0.1) is 0 Å². The van der Waals surface area contributed by atoms with Gasteiger partial charge in [-0.3, -0.25) is 0 Å². The van der Waals surface area contributed by atoms with Crippen LogP contribution < -0.4 is 5.32 Å². The Morgan fingerprint density at radius 2 is 2.18 bits per heavy atom. The fraction of sp³-hybridized carbons (Fsp3) is 0.429. The fourth-order valence-electron chi connectivity index (χ4n) is 2.27. The summed E-state index contributed by atoms with van der Waals surface area (Å²) in [5.41, 5.74) is 2.50. The van der Waals surface area contributed by atoms with E-state index >= 15 is 0 Å². The Labute approximate surface area is 102 Å². The third-order valence-electron chi connectivity index (χ3n) is 3.16. The summed E-state index contributed by atoms with van der Waals surface area (Å²) in [6, 6.07) is 5.63. The maximum absolute atomic E-state index is 9.55. The fourth-order valence-corrected chi connectivity index (χ4v) is 2.27. The molecule has 0 saturated carbocycles. The zero-order chi connectivity index (χ0) is 12.3. The molecule has 0 unspecified atom stereocenters. The Bertz CT molecular complexity index is 502. The van der Waals surface area contributed by atoms with E-state index in [1.807, 2.05) is 19.2 Å². The lowest BCUT2D eigenvalue weighted by Crippen LogP contribution is -2.08. The van der Waals surface area contributed by atoms with Gasteiger partial charge in [-0.1, -0.05) is 0 Å². The Hall–Kier alpha value is -1.48. The van der Waals surface area contributed by atoms with Crippen LogP contribution in [-0.4, -0.2) is 23.3 Å². The molecule has 0 aliphatic heterocycles. The van der Waals surface area contributed by atoms with Crippen molar-refractivity contribution in [2.75, 3.05) is 13.6 Å². The van der Waals surface area contributed by atoms with E-state index in [4.69, 9.17) is 0 Å². The van der Waals surface area contributed by atoms with Gasteiger partial charge in [-0.2, -0.15) is 0 Å². The molecular weight excluding hydrogens is 212 g/mol. The van der Waals surface area contributed by atoms with Gasteiger partial charge in [0, 0.05) is 24.2 Å². The average Bonchev–Trinajstić information content (AvgIpc) is 2.67. The summed E-state index contributed by atoms with van der Waals surface area (Å²) in [4.78, 5) is 0. The molecule has 0 spiro atoms. The highest BCUT2D eigenvalue weighted by Gasteiger charge is 2.07. The van der Waals surface area contributed by atoms with Crippen LogP contribution in [0.15, 0.2) is 24.4 Å². The molecule has 17 heavy (non-hydrogen) atoms. The minimum absolute atomic E-state index is 0.340. The average molecular weight is 232 g/mol. The van der Waals surface area contributed by atoms with E-state index in [0.29, 0.717) is 5.75 Å². The molecule has 0 fully saturated rings. The first-order valence-corrected chi connectivity index (χ1v) is 6.21. The molecule has 3 heteroatoms. The monoisotopic (exact) mass is 232 g/mol. The van der Waals surface area contributed by atoms with Crippen LogP contribution in [-0.2, 0) is 13.0 Å². The van der Waals surface area contributed by atoms with Crippen LogP contribution >= 0.6 is 0 Å². The molecule has 1 aromatic carbocycles. The van der Waals surface area contributed by atoms with E-state index < -0.39 is 0 Å². The lowest BCUT2D eigenvalue weighted by atomic mass is 10.1. The van der Waals surface area contributed by atoms with Crippen molar-refractivity contribution in [2.24, 2.45) is 0 Å². The van der Waals surface area contributed by atoms with Gasteiger partial charge in [0.2, 0.25) is 0 Å². The molecule has 2 rings (SSSR count). The minimum atomic E-state index is 0.340. The van der Waals surface area contributed by atoms with Crippen molar-refractivity contribution in [3.8, 4) is 5.75 Å². The molecule has 0 atom stereocenters. The van der Waals surface area contributed by atoms with Crippen LogP contribution in [0.2, 0.25) is 0 Å². The third-order valence-corrected chi connectivity index (χ3v) is 3.16. The van der Waals surface area contributed by atoms with Gasteiger partial charge in [-0.05, 0) is 51.1 Å². The number of aromatic nitrogens is 1. The van der Waals surface area contributed by atoms with Crippen LogP contribution in [0.1, 0.15) is 18.9 Å². The standard InChI is InChI=1S/C14H20N2O/c1-3-16-10-11(5-4-8-15-2)13-7-6-12(17)9-14(13)16/h6-7,9-10,15,17H,3-5,8H2,1-2H3. The van der Waals surface area contributed by atoms with E-state index in [2.05, 4.69) is 23.0 Å². The third kappa shape index (κ3) is 2.44. The molecule has 2 N–H and O–H groups in total. The predicted molar refractivity (Wildman–Crippen MR) is 71.5 cm³/mol. The van der Waals surface area contributed by atoms with Crippen molar-refractivity contribution in [2.45, 2.75) is 26.3 Å². The second-order valence-corrected chi connectivity index (χ2v) is 4.35. The van der Waals surface area contributed by atoms with Crippen molar-refractivity contribution in [3.05, 3.63) is 30.0 Å². The lowest BCUT2D eigenvalue weighted by Gasteiger charge is -2.00. The first-order valence-electron chi connectivity index (χ1n) is 6.21. The molecule has 0 aliphatic rings. The molecule has 92 valence electrons. The van der Waals surface area contributed by atoms with Crippen LogP contribution in [0.25, 0.3) is 10.9 Å². The summed E-state index contributed by atoms with van der Waals surface area (Å²) in [7, 11) is 1.98. The smallest absolute Gasteiger partial charge is 0.117 e. The van der Waals surface area contributed by atoms with Crippen LogP contribution in [0.4, 0.5) is 0 Å². The molecule has 2 aromatic rings. The summed E-state index contributed by atoms with van der Waals surface area (Å²) in [6.07, 6.45) is 4.43. The van der Waals surface area contributed by atoms with Crippen molar-refractivity contribution < 1.29 is 5.11 Å². The van der Waals surface area contributed by atoms with Crippen molar-refractivity contribution in [1.29, 1.82) is 0 Å². The zero-order valence-corrected chi connectivity index (χ0v) is 10.5. The minimum Gasteiger partial charge on any atom is -0.508 e. The lowest BCUT2D eigenvalue weighted by molar-refractivity contribution is 0.476. The molecule has 0 bridgehead atoms. The normalized spacial score (nSPS) is 11.2. The van der Waals surface area contributed by atoms with E-state index in [1.165, 1.54) is 10.9 Å². The number of rotatable bonds is 5. The van der Waals surface area contributed by atoms with E-state index in [0.717, 1.165) is 31.4 Å². The van der Waals surface area contributed by atoms with E-state index in [9.17, 15) is 5.11 Å². The number of aryl methyl sites for hydroxylation is 2. The van der Waals surface area contributed by atoms with Gasteiger partial charge < -0.3 is 15.0 Å². The van der Waals surface area contributed by atoms with Crippen LogP contribution in [0.3, 0.4) is 0 Å². The molecule has 1 aromatic heterocycles. The highest BCUT2D eigenvalue weighted by Crippen LogP contribution is 2.26. The highest BCUT2D eigenvalue weighted by molar-refractivity contribution is 5.85. The Kier molecular flexibility index (Phi) is 3.69. The quantitative estimate of drug-likeness (QED) is 0.777. The Morgan fingerprint density at radius 3 is 2.88 bits per heavy atom. The summed E-state index contributed by atoms with van der Waals surface area (Å²) >= 11 is 0. The number of hydrogen-bond donors (Lipinski definition) is 2. The van der Waals surface area contributed by atoms with Crippen molar-refractivity contribution >= 4 is 10.9 Å². The number of phenolic OH excluding ortho intramolecular Hbond substituents is 1. The first-order chi connectivity index (χ1) is 8.26. The first kappa shape index (κ1) is 12.0. The topological polar surface area (TPSA) is 37.2 Å². The summed E-state index contributed by atoms with van der Waals surface area (Å²) in [5.74, 6) is 0.340. The number of phenols is 1. The summed E-state index contributed by atoms with van der Waals surface area (Å²) < 4.78 is 2.20. The van der Waals surface area contributed by atoms with Gasteiger partial charge in [0.15, 0.2) is 0 Å². The van der Waals surface area contributed by atoms with Gasteiger partial charge in [0.25, 0.3) is 0 Å². The molecule has 0 radical (unpaired) electrons. The predicted octanol–water partition coefficient (Wildman–Crippen LogP) is 2.52. The van der Waals surface area contributed by atoms with Crippen molar-refractivity contribution in [3.63, 3.8) is 0 Å². The number of aromatic hydroxyl groups is 1. The second-order valence-electron chi connectivity index (χ2n) is 4.35. The largest absolute Gasteiger partial charge is 0.508 e. The van der Waals surface area contributed by atoms with Crippen LogP contribution in [0.5, 0.6) is 5.75 Å². The number of benzene rings is 1. The van der Waals surface area contributed by atoms with Gasteiger partial charge in [0.1, 0.15) is 5.75 Å². The van der Waals surface area contributed by atoms with E-state index in [1.54, 1.807) is 6.07 Å². The number of nitrogens with zero attached hydrogens (tertiary/aromatic N) is 1. The maximum Gasteiger partial charge on any atom is 0.117 e. The van der Waals surface area contributed by atoms with Gasteiger partial charge >= 0.3 is 0 Å². The van der Waals surface area contributed by atoms with E-state index in [-0.39, 0.29) is 0 Å². The van der Waals surface area contributed by atoms with Crippen LogP contribution in [0, 0.1) is 0 Å². The zero-order valence-electron chi connectivity index (χ0n) is 10.5. The molecule has 3 nitrogen and oxygen atoms in total. The SMILES string of the molecule is CCn1cc(CCCNC)c2ccc(O)cc21. The summed E-state index contributed by atoms with van der Waals surface area (Å²) in [6.45, 7) is 4.10. The second kappa shape index (κ2) is 5.23. The molecule has 1 heterocycles. The number of hydrogen-bond acceptors (Lipinski definition) is 2. The molecule has 0 saturated heterocycles. The van der Waals surface area contributed by atoms with Crippen molar-refractivity contribution in [1.82, 2.24) is 9.88 Å². The Morgan fingerprint density at radius 1 is 1.35 bits per heavy atom. The summed E-state index contributed by atoms with van der Waals surface area (Å²) in [5, 5.41) is 14.0. The molecule has 0 amide bonds.